The summed E-state index contributed by atoms with van der Waals surface area (Å²) in [6, 6.07) is 5.67. The van der Waals surface area contributed by atoms with Gasteiger partial charge < -0.3 is 27.0 Å². The minimum atomic E-state index is -5.17. The lowest BCUT2D eigenvalue weighted by molar-refractivity contribution is 0.259. The quantitative estimate of drug-likeness (QED) is 0.0846. The molecule has 2 heterocycles. The first-order chi connectivity index (χ1) is 23.8. The Bertz CT molecular complexity index is 2390. The van der Waals surface area contributed by atoms with Crippen LogP contribution in [0.15, 0.2) is 67.4 Å². The van der Waals surface area contributed by atoms with E-state index in [1.165, 1.54) is 18.2 Å². The van der Waals surface area contributed by atoms with E-state index in [-0.39, 0.29) is 28.3 Å². The van der Waals surface area contributed by atoms with Crippen molar-refractivity contribution < 1.29 is 43.7 Å². The van der Waals surface area contributed by atoms with E-state index in [0.29, 0.717) is 43.8 Å². The average Bonchev–Trinajstić information content (AvgIpc) is 3.02. The standard InChI is InChI=1S/C26H28ClN11O10S3/c27-23-32-25(34-26(33-23)38-7-5-37(4-3-28)6-8-38)30-15-1-2-18(19(11-15)31-24(29)39)35-36-20-13-17-14(10-22(20)51(46,47)48)9-16(49(40,41)42)12-21(17)50(43,44)45/h1-2,9-13H,3-8,28H2,(H3,29,31,39)(H,40,41,42)(H,43,44,45)(H,46,47,48)(H,30,32,33,34). The molecule has 1 aliphatic heterocycles. The van der Waals surface area contributed by atoms with Crippen LogP contribution in [0.25, 0.3) is 10.8 Å². The average molecular weight is 786 g/mol. The van der Waals surface area contributed by atoms with E-state index in [1.807, 2.05) is 4.90 Å². The van der Waals surface area contributed by atoms with Gasteiger partial charge in [-0.05, 0) is 59.5 Å². The maximum absolute atomic E-state index is 12.3. The van der Waals surface area contributed by atoms with Gasteiger partial charge in [0.2, 0.25) is 17.2 Å². The van der Waals surface area contributed by atoms with Crippen molar-refractivity contribution in [3.63, 3.8) is 0 Å². The summed E-state index contributed by atoms with van der Waals surface area (Å²) < 4.78 is 101. The van der Waals surface area contributed by atoms with Crippen LogP contribution in [-0.4, -0.2) is 104 Å². The third-order valence-electron chi connectivity index (χ3n) is 7.29. The first kappa shape index (κ1) is 37.6. The Balaban J connectivity index is 1.52. The first-order valence-corrected chi connectivity index (χ1v) is 19.0. The zero-order chi connectivity index (χ0) is 37.3. The number of carbonyl (C=O) groups excluding carboxylic acids is 1. The van der Waals surface area contributed by atoms with Crippen LogP contribution in [0.5, 0.6) is 0 Å². The van der Waals surface area contributed by atoms with Crippen LogP contribution in [0.3, 0.4) is 0 Å². The number of benzene rings is 3. The van der Waals surface area contributed by atoms with Gasteiger partial charge in [0, 0.05) is 50.3 Å². The Morgan fingerprint density at radius 2 is 1.51 bits per heavy atom. The maximum Gasteiger partial charge on any atom is 0.316 e. The minimum Gasteiger partial charge on any atom is -0.351 e. The number of nitrogens with zero attached hydrogens (tertiary/aromatic N) is 7. The molecule has 5 rings (SSSR count). The summed E-state index contributed by atoms with van der Waals surface area (Å²) in [5.74, 6) is 0.372. The summed E-state index contributed by atoms with van der Waals surface area (Å²) in [4.78, 5) is 25.7. The second-order valence-electron chi connectivity index (χ2n) is 10.8. The second-order valence-corrected chi connectivity index (χ2v) is 15.3. The lowest BCUT2D eigenvalue weighted by atomic mass is 10.1. The minimum absolute atomic E-state index is 0.0505. The molecule has 1 saturated heterocycles. The van der Waals surface area contributed by atoms with Gasteiger partial charge in [0.05, 0.1) is 10.6 Å². The normalized spacial score (nSPS) is 14.6. The van der Waals surface area contributed by atoms with Crippen molar-refractivity contribution in [2.75, 3.05) is 54.8 Å². The molecule has 51 heavy (non-hydrogen) atoms. The zero-order valence-electron chi connectivity index (χ0n) is 25.9. The summed E-state index contributed by atoms with van der Waals surface area (Å²) in [7, 11) is -15.3. The lowest BCUT2D eigenvalue weighted by Gasteiger charge is -2.34. The molecule has 2 amide bonds. The molecule has 1 aliphatic rings. The SMILES string of the molecule is NCCN1CCN(c2nc(Cl)nc(Nc3ccc(N=Nc4cc5c(S(=O)(=O)O)cc(S(=O)(=O)O)cc5cc4S(=O)(=O)O)c(NC(N)=O)c3)n2)CC1. The number of rotatable bonds is 11. The van der Waals surface area contributed by atoms with Crippen LogP contribution in [-0.2, 0) is 30.4 Å². The van der Waals surface area contributed by atoms with Gasteiger partial charge in [-0.2, -0.15) is 40.2 Å². The van der Waals surface area contributed by atoms with Crippen molar-refractivity contribution in [3.8, 4) is 0 Å². The number of nitrogens with one attached hydrogen (secondary N) is 2. The van der Waals surface area contributed by atoms with E-state index in [2.05, 4.69) is 40.7 Å². The summed E-state index contributed by atoms with van der Waals surface area (Å²) in [6.07, 6.45) is 0. The van der Waals surface area contributed by atoms with E-state index in [4.69, 9.17) is 23.1 Å². The Kier molecular flexibility index (Phi) is 10.7. The molecule has 0 aliphatic carbocycles. The molecular formula is C26H28ClN11O10S3. The number of piperazine rings is 1. The van der Waals surface area contributed by atoms with Crippen LogP contribution in [0.4, 0.5) is 39.4 Å². The van der Waals surface area contributed by atoms with Crippen LogP contribution in [0.1, 0.15) is 0 Å². The highest BCUT2D eigenvalue weighted by molar-refractivity contribution is 7.87. The summed E-state index contributed by atoms with van der Waals surface area (Å²) >= 11 is 6.18. The number of carbonyl (C=O) groups is 1. The second kappa shape index (κ2) is 14.5. The molecule has 0 spiro atoms. The molecule has 25 heteroatoms. The van der Waals surface area contributed by atoms with Crippen LogP contribution in [0.2, 0.25) is 5.28 Å². The number of primary amides is 1. The molecule has 1 aromatic heterocycles. The highest BCUT2D eigenvalue weighted by Crippen LogP contribution is 2.37. The number of urea groups is 1. The largest absolute Gasteiger partial charge is 0.351 e. The predicted octanol–water partition coefficient (Wildman–Crippen LogP) is 2.15. The molecule has 0 unspecified atom stereocenters. The fourth-order valence-corrected chi connectivity index (χ4v) is 7.17. The molecule has 0 radical (unpaired) electrons. The summed E-state index contributed by atoms with van der Waals surface area (Å²) in [5.41, 5.74) is 10.4. The Morgan fingerprint density at radius 3 is 2.12 bits per heavy atom. The number of hydrogen-bond acceptors (Lipinski definition) is 16. The van der Waals surface area contributed by atoms with E-state index >= 15 is 0 Å². The maximum atomic E-state index is 12.3. The number of nitrogens with two attached hydrogens (primary N) is 2. The van der Waals surface area contributed by atoms with Crippen molar-refractivity contribution in [1.29, 1.82) is 0 Å². The van der Waals surface area contributed by atoms with E-state index < -0.39 is 67.5 Å². The van der Waals surface area contributed by atoms with Crippen LogP contribution >= 0.6 is 11.6 Å². The smallest absolute Gasteiger partial charge is 0.316 e. The Morgan fingerprint density at radius 1 is 0.843 bits per heavy atom. The number of halogens is 1. The monoisotopic (exact) mass is 785 g/mol. The van der Waals surface area contributed by atoms with Crippen molar-refractivity contribution in [2.24, 2.45) is 21.7 Å². The molecule has 272 valence electrons. The predicted molar refractivity (Wildman–Crippen MR) is 183 cm³/mol. The molecule has 21 nitrogen and oxygen atoms in total. The molecule has 0 saturated carbocycles. The van der Waals surface area contributed by atoms with E-state index in [9.17, 15) is 43.7 Å². The molecular weight excluding hydrogens is 758 g/mol. The van der Waals surface area contributed by atoms with E-state index in [0.717, 1.165) is 25.7 Å². The van der Waals surface area contributed by atoms with Gasteiger partial charge in [-0.1, -0.05) is 0 Å². The summed E-state index contributed by atoms with van der Waals surface area (Å²) in [5, 5.41) is 12.0. The fourth-order valence-electron chi connectivity index (χ4n) is 5.03. The number of azo groups is 1. The highest BCUT2D eigenvalue weighted by atomic mass is 35.5. The lowest BCUT2D eigenvalue weighted by Crippen LogP contribution is -2.48. The number of fused-ring (bicyclic) bond motifs is 1. The molecule has 4 aromatic rings. The van der Waals surface area contributed by atoms with Gasteiger partial charge >= 0.3 is 6.03 Å². The topological polar surface area (TPSA) is 326 Å². The van der Waals surface area contributed by atoms with Crippen molar-refractivity contribution in [2.45, 2.75) is 14.7 Å². The summed E-state index contributed by atoms with van der Waals surface area (Å²) in [6.45, 7) is 4.01. The third-order valence-corrected chi connectivity index (χ3v) is 10.1. The van der Waals surface area contributed by atoms with Gasteiger partial charge in [0.25, 0.3) is 30.4 Å². The number of amides is 2. The molecule has 0 atom stereocenters. The van der Waals surface area contributed by atoms with Gasteiger partial charge in [0.15, 0.2) is 0 Å². The molecule has 3 aromatic carbocycles. The molecule has 1 fully saturated rings. The first-order valence-electron chi connectivity index (χ1n) is 14.3. The number of anilines is 4. The van der Waals surface area contributed by atoms with Gasteiger partial charge in [0.1, 0.15) is 21.2 Å². The molecule has 9 N–H and O–H groups in total. The Labute approximate surface area is 295 Å². The van der Waals surface area contributed by atoms with Gasteiger partial charge in [-0.25, -0.2) is 4.79 Å². The van der Waals surface area contributed by atoms with Gasteiger partial charge in [-0.3, -0.25) is 18.6 Å². The Hall–Kier alpha value is -4.66. The number of aromatic nitrogens is 3. The highest BCUT2D eigenvalue weighted by Gasteiger charge is 2.25. The van der Waals surface area contributed by atoms with E-state index in [1.54, 1.807) is 0 Å². The number of hydrogen-bond donors (Lipinski definition) is 7. The van der Waals surface area contributed by atoms with Crippen molar-refractivity contribution in [3.05, 3.63) is 47.7 Å². The van der Waals surface area contributed by atoms with Crippen LogP contribution in [0, 0.1) is 0 Å². The van der Waals surface area contributed by atoms with Crippen molar-refractivity contribution in [1.82, 2.24) is 19.9 Å². The zero-order valence-corrected chi connectivity index (χ0v) is 29.1. The van der Waals surface area contributed by atoms with Gasteiger partial charge in [-0.15, -0.1) is 10.2 Å². The van der Waals surface area contributed by atoms with Crippen molar-refractivity contribution >= 4 is 93.4 Å². The third kappa shape index (κ3) is 9.18. The molecule has 0 bridgehead atoms. The van der Waals surface area contributed by atoms with Crippen LogP contribution < -0.4 is 27.0 Å². The fraction of sp³-hybridized carbons (Fsp3) is 0.231.